The van der Waals surface area contributed by atoms with Crippen LogP contribution >= 0.6 is 34.8 Å². The predicted octanol–water partition coefficient (Wildman–Crippen LogP) is 1.54. The Hall–Kier alpha value is 0.01000. The summed E-state index contributed by atoms with van der Waals surface area (Å²) in [6, 6.07) is 0. The summed E-state index contributed by atoms with van der Waals surface area (Å²) in [5.74, 6) is 0. The number of halogens is 3. The van der Waals surface area contributed by atoms with Crippen molar-refractivity contribution >= 4 is 45.8 Å². The molecule has 1 unspecified atom stereocenters. The van der Waals surface area contributed by atoms with Crippen molar-refractivity contribution < 1.29 is 0 Å². The molecule has 0 aromatic carbocycles. The van der Waals surface area contributed by atoms with Crippen molar-refractivity contribution in [2.24, 2.45) is 4.99 Å². The summed E-state index contributed by atoms with van der Waals surface area (Å²) < 4.78 is 0. The highest BCUT2D eigenvalue weighted by Crippen LogP contribution is 1.92. The van der Waals surface area contributed by atoms with E-state index in [2.05, 4.69) is 10.3 Å². The van der Waals surface area contributed by atoms with Crippen molar-refractivity contribution in [3.63, 3.8) is 0 Å². The minimum Gasteiger partial charge on any atom is -0.327 e. The van der Waals surface area contributed by atoms with Gasteiger partial charge in [-0.05, 0) is 11.6 Å². The minimum absolute atomic E-state index is 0.266. The fourth-order valence-electron chi connectivity index (χ4n) is 0.191. The molecule has 0 aliphatic carbocycles. The van der Waals surface area contributed by atoms with Crippen LogP contribution in [-0.4, -0.2) is 16.6 Å². The van der Waals surface area contributed by atoms with Crippen LogP contribution in [0.1, 0.15) is 0 Å². The molecule has 3 nitrogen and oxygen atoms in total. The number of amidine groups is 1. The SMILES string of the molecule is N=C(Cl)NC(Cl)/N=C/Cl. The van der Waals surface area contributed by atoms with Gasteiger partial charge in [0, 0.05) is 0 Å². The first kappa shape index (κ1) is 9.01. The Bertz CT molecular complexity index is 123. The Morgan fingerprint density at radius 2 is 2.33 bits per heavy atom. The van der Waals surface area contributed by atoms with Gasteiger partial charge in [0.15, 0.2) is 10.9 Å². The Balaban J connectivity index is 3.50. The summed E-state index contributed by atoms with van der Waals surface area (Å²) in [5, 5.41) is 8.67. The van der Waals surface area contributed by atoms with Crippen molar-refractivity contribution in [3.05, 3.63) is 0 Å². The van der Waals surface area contributed by atoms with Gasteiger partial charge in [-0.1, -0.05) is 23.2 Å². The lowest BCUT2D eigenvalue weighted by atomic mass is 11.0. The molecule has 1 atom stereocenters. The summed E-state index contributed by atoms with van der Waals surface area (Å²) in [6.07, 6.45) is 0. The number of rotatable bonds is 2. The van der Waals surface area contributed by atoms with Gasteiger partial charge in [0.05, 0.1) is 5.67 Å². The molecule has 0 aliphatic heterocycles. The molecule has 0 fully saturated rings. The van der Waals surface area contributed by atoms with Gasteiger partial charge in [0.2, 0.25) is 0 Å². The molecule has 0 rings (SSSR count). The largest absolute Gasteiger partial charge is 0.327 e. The second-order valence-electron chi connectivity index (χ2n) is 1.04. The quantitative estimate of drug-likeness (QED) is 0.294. The Labute approximate surface area is 67.5 Å². The van der Waals surface area contributed by atoms with Gasteiger partial charge < -0.3 is 5.32 Å². The molecule has 0 heterocycles. The highest BCUT2D eigenvalue weighted by molar-refractivity contribution is 6.64. The first-order chi connectivity index (χ1) is 4.16. The zero-order valence-electron chi connectivity index (χ0n) is 4.24. The first-order valence-corrected chi connectivity index (χ1v) is 3.18. The number of nitrogens with zero attached hydrogens (tertiary/aromatic N) is 1. The molecule has 0 aromatic rings. The van der Waals surface area contributed by atoms with Crippen LogP contribution in [0.15, 0.2) is 4.99 Å². The fourth-order valence-corrected chi connectivity index (χ4v) is 0.686. The molecular formula is C3H4Cl3N3. The normalized spacial score (nSPS) is 13.7. The Morgan fingerprint density at radius 3 is 2.67 bits per heavy atom. The molecule has 0 saturated carbocycles. The van der Waals surface area contributed by atoms with Crippen molar-refractivity contribution in [3.8, 4) is 0 Å². The van der Waals surface area contributed by atoms with Gasteiger partial charge >= 0.3 is 0 Å². The van der Waals surface area contributed by atoms with Crippen LogP contribution in [0, 0.1) is 5.41 Å². The standard InChI is InChI=1S/C3H4Cl3N3/c4-1-8-3(6)9-2(5)7/h1,3H,(H2,7,9)/b8-1+. The van der Waals surface area contributed by atoms with Crippen LogP contribution in [0.3, 0.4) is 0 Å². The average molecular weight is 188 g/mol. The highest BCUT2D eigenvalue weighted by Gasteiger charge is 1.97. The molecule has 0 aliphatic rings. The average Bonchev–Trinajstić information content (AvgIpc) is 1.63. The smallest absolute Gasteiger partial charge is 0.198 e. The number of hydrogen-bond donors (Lipinski definition) is 2. The van der Waals surface area contributed by atoms with Crippen LogP contribution in [0.5, 0.6) is 0 Å². The van der Waals surface area contributed by atoms with E-state index in [1.807, 2.05) is 0 Å². The highest BCUT2D eigenvalue weighted by atomic mass is 35.5. The van der Waals surface area contributed by atoms with E-state index in [0.29, 0.717) is 0 Å². The molecule has 0 radical (unpaired) electrons. The van der Waals surface area contributed by atoms with Crippen LogP contribution in [0.25, 0.3) is 0 Å². The Kier molecular flexibility index (Phi) is 4.85. The van der Waals surface area contributed by atoms with Gasteiger partial charge in [-0.25, -0.2) is 4.99 Å². The van der Waals surface area contributed by atoms with Gasteiger partial charge in [-0.2, -0.15) is 0 Å². The maximum absolute atomic E-state index is 6.66. The predicted molar refractivity (Wildman–Crippen MR) is 40.7 cm³/mol. The number of aliphatic imine (C=N–C) groups is 1. The van der Waals surface area contributed by atoms with Crippen LogP contribution in [0.4, 0.5) is 0 Å². The minimum atomic E-state index is -0.757. The molecule has 0 saturated heterocycles. The lowest BCUT2D eigenvalue weighted by Gasteiger charge is -2.02. The third kappa shape index (κ3) is 5.89. The van der Waals surface area contributed by atoms with Crippen molar-refractivity contribution in [2.75, 3.05) is 0 Å². The van der Waals surface area contributed by atoms with E-state index in [9.17, 15) is 0 Å². The molecule has 52 valence electrons. The summed E-state index contributed by atoms with van der Waals surface area (Å²) >= 11 is 15.5. The van der Waals surface area contributed by atoms with Gasteiger partial charge in [0.1, 0.15) is 0 Å². The Morgan fingerprint density at radius 1 is 1.78 bits per heavy atom. The molecular weight excluding hydrogens is 184 g/mol. The van der Waals surface area contributed by atoms with E-state index in [-0.39, 0.29) is 5.29 Å². The van der Waals surface area contributed by atoms with E-state index in [1.54, 1.807) is 0 Å². The van der Waals surface area contributed by atoms with Gasteiger partial charge in [-0.15, -0.1) is 0 Å². The van der Waals surface area contributed by atoms with Crippen molar-refractivity contribution in [1.82, 2.24) is 5.32 Å². The van der Waals surface area contributed by atoms with E-state index in [1.165, 1.54) is 0 Å². The summed E-state index contributed by atoms with van der Waals surface area (Å²) in [7, 11) is 0. The number of alkyl halides is 1. The second-order valence-corrected chi connectivity index (χ2v) is 2.03. The van der Waals surface area contributed by atoms with Crippen molar-refractivity contribution in [1.29, 1.82) is 5.41 Å². The van der Waals surface area contributed by atoms with Gasteiger partial charge in [-0.3, -0.25) is 5.41 Å². The zero-order chi connectivity index (χ0) is 7.28. The molecule has 2 N–H and O–H groups in total. The van der Waals surface area contributed by atoms with E-state index < -0.39 is 5.62 Å². The van der Waals surface area contributed by atoms with Crippen LogP contribution < -0.4 is 5.32 Å². The fraction of sp³-hybridized carbons (Fsp3) is 0.333. The molecule has 0 aromatic heterocycles. The maximum Gasteiger partial charge on any atom is 0.198 e. The number of nitrogens with one attached hydrogen (secondary N) is 2. The van der Waals surface area contributed by atoms with E-state index in [4.69, 9.17) is 40.2 Å². The summed E-state index contributed by atoms with van der Waals surface area (Å²) in [4.78, 5) is 3.43. The summed E-state index contributed by atoms with van der Waals surface area (Å²) in [5.41, 5.74) is 0.248. The molecule has 6 heteroatoms. The van der Waals surface area contributed by atoms with E-state index >= 15 is 0 Å². The van der Waals surface area contributed by atoms with Gasteiger partial charge in [0.25, 0.3) is 0 Å². The van der Waals surface area contributed by atoms with Crippen LogP contribution in [0.2, 0.25) is 0 Å². The third-order valence-corrected chi connectivity index (χ3v) is 0.877. The molecule has 0 spiro atoms. The molecule has 9 heavy (non-hydrogen) atoms. The molecule has 0 bridgehead atoms. The van der Waals surface area contributed by atoms with Crippen molar-refractivity contribution in [2.45, 2.75) is 5.62 Å². The maximum atomic E-state index is 6.66. The molecule has 0 amide bonds. The number of hydrogen-bond acceptors (Lipinski definition) is 2. The van der Waals surface area contributed by atoms with E-state index in [0.717, 1.165) is 5.67 Å². The lowest BCUT2D eigenvalue weighted by molar-refractivity contribution is 0.859. The monoisotopic (exact) mass is 187 g/mol. The lowest BCUT2D eigenvalue weighted by Crippen LogP contribution is -2.24. The second kappa shape index (κ2) is 4.85. The third-order valence-electron chi connectivity index (χ3n) is 0.433. The van der Waals surface area contributed by atoms with Crippen LogP contribution in [-0.2, 0) is 0 Å². The first-order valence-electron chi connectivity index (χ1n) is 1.93. The topological polar surface area (TPSA) is 48.2 Å². The zero-order valence-corrected chi connectivity index (χ0v) is 6.50. The summed E-state index contributed by atoms with van der Waals surface area (Å²) in [6.45, 7) is 0.